The van der Waals surface area contributed by atoms with Crippen LogP contribution in [0.25, 0.3) is 0 Å². The van der Waals surface area contributed by atoms with Gasteiger partial charge in [-0.2, -0.15) is 0 Å². The second-order valence-corrected chi connectivity index (χ2v) is 3.93. The topological polar surface area (TPSA) is 12.0 Å². The maximum atomic E-state index is 3.47. The van der Waals surface area contributed by atoms with Crippen molar-refractivity contribution in [2.45, 2.75) is 33.2 Å². The van der Waals surface area contributed by atoms with Gasteiger partial charge in [0.25, 0.3) is 0 Å². The lowest BCUT2D eigenvalue weighted by Crippen LogP contribution is -2.13. The van der Waals surface area contributed by atoms with Crippen LogP contribution in [0.1, 0.15) is 28.7 Å². The highest BCUT2D eigenvalue weighted by Gasteiger charge is 2.10. The van der Waals surface area contributed by atoms with E-state index in [4.69, 9.17) is 0 Å². The largest absolute Gasteiger partial charge is 0.313 e. The van der Waals surface area contributed by atoms with Gasteiger partial charge in [0, 0.05) is 6.54 Å². The highest BCUT2D eigenvalue weighted by Crippen LogP contribution is 2.20. The summed E-state index contributed by atoms with van der Waals surface area (Å²) in [6, 6.07) is 4.55. The van der Waals surface area contributed by atoms with Crippen LogP contribution in [0.3, 0.4) is 0 Å². The zero-order valence-electron chi connectivity index (χ0n) is 8.48. The molecule has 0 fully saturated rings. The molecule has 1 nitrogen and oxygen atoms in total. The Morgan fingerprint density at radius 2 is 2.08 bits per heavy atom. The van der Waals surface area contributed by atoms with Crippen LogP contribution in [0.2, 0.25) is 0 Å². The number of rotatable bonds is 0. The Kier molecular flexibility index (Phi) is 2.36. The summed E-state index contributed by atoms with van der Waals surface area (Å²) >= 11 is 0. The Morgan fingerprint density at radius 3 is 2.92 bits per heavy atom. The second-order valence-electron chi connectivity index (χ2n) is 3.93. The van der Waals surface area contributed by atoms with Crippen molar-refractivity contribution < 1.29 is 0 Å². The van der Waals surface area contributed by atoms with Crippen LogP contribution >= 0.6 is 0 Å². The summed E-state index contributed by atoms with van der Waals surface area (Å²) < 4.78 is 0. The molecule has 13 heavy (non-hydrogen) atoms. The van der Waals surface area contributed by atoms with Crippen molar-refractivity contribution in [3.05, 3.63) is 34.4 Å². The third-order valence-corrected chi connectivity index (χ3v) is 3.07. The molecule has 1 N–H and O–H groups in total. The molecule has 0 bridgehead atoms. The summed E-state index contributed by atoms with van der Waals surface area (Å²) in [6.45, 7) is 6.65. The Balaban J connectivity index is 2.48. The minimum atomic E-state index is 1.06. The molecule has 0 unspecified atom stereocenters. The van der Waals surface area contributed by atoms with Crippen LogP contribution in [0.15, 0.2) is 12.1 Å². The first-order chi connectivity index (χ1) is 6.29. The Hall–Kier alpha value is -0.820. The van der Waals surface area contributed by atoms with Gasteiger partial charge in [-0.1, -0.05) is 12.1 Å². The summed E-state index contributed by atoms with van der Waals surface area (Å²) in [5.41, 5.74) is 5.99. The van der Waals surface area contributed by atoms with E-state index < -0.39 is 0 Å². The summed E-state index contributed by atoms with van der Waals surface area (Å²) in [4.78, 5) is 0. The van der Waals surface area contributed by atoms with E-state index in [1.807, 2.05) is 0 Å². The third-order valence-electron chi connectivity index (χ3n) is 3.07. The minimum Gasteiger partial charge on any atom is -0.313 e. The van der Waals surface area contributed by atoms with Crippen molar-refractivity contribution in [2.75, 3.05) is 6.54 Å². The fourth-order valence-electron chi connectivity index (χ4n) is 2.03. The number of aryl methyl sites for hydroxylation is 2. The molecule has 1 aliphatic rings. The number of benzene rings is 1. The van der Waals surface area contributed by atoms with Crippen LogP contribution in [-0.2, 0) is 13.0 Å². The number of hydrogen-bond donors (Lipinski definition) is 1. The van der Waals surface area contributed by atoms with Crippen molar-refractivity contribution in [1.29, 1.82) is 0 Å². The van der Waals surface area contributed by atoms with Gasteiger partial charge in [-0.05, 0) is 55.5 Å². The summed E-state index contributed by atoms with van der Waals surface area (Å²) in [6.07, 6.45) is 2.51. The average Bonchev–Trinajstić information content (AvgIpc) is 2.36. The van der Waals surface area contributed by atoms with Gasteiger partial charge in [0.05, 0.1) is 0 Å². The van der Waals surface area contributed by atoms with Crippen LogP contribution in [0.5, 0.6) is 0 Å². The molecule has 1 aromatic carbocycles. The average molecular weight is 175 g/mol. The molecular formula is C12H17N. The molecule has 1 heteroatoms. The van der Waals surface area contributed by atoms with Gasteiger partial charge < -0.3 is 5.32 Å². The maximum Gasteiger partial charge on any atom is 0.0210 e. The van der Waals surface area contributed by atoms with Gasteiger partial charge >= 0.3 is 0 Å². The summed E-state index contributed by atoms with van der Waals surface area (Å²) in [5.74, 6) is 0. The van der Waals surface area contributed by atoms with Gasteiger partial charge in [0.15, 0.2) is 0 Å². The Labute approximate surface area is 80.2 Å². The minimum absolute atomic E-state index is 1.06. The first kappa shape index (κ1) is 8.76. The molecule has 1 heterocycles. The first-order valence-corrected chi connectivity index (χ1v) is 5.07. The molecule has 0 saturated heterocycles. The van der Waals surface area contributed by atoms with E-state index in [0.717, 1.165) is 13.1 Å². The molecule has 0 saturated carbocycles. The van der Waals surface area contributed by atoms with E-state index in [1.165, 1.54) is 29.5 Å². The molecule has 70 valence electrons. The predicted molar refractivity (Wildman–Crippen MR) is 55.9 cm³/mol. The molecule has 0 atom stereocenters. The monoisotopic (exact) mass is 175 g/mol. The van der Waals surface area contributed by atoms with Crippen molar-refractivity contribution in [2.24, 2.45) is 0 Å². The lowest BCUT2D eigenvalue weighted by Gasteiger charge is -2.11. The van der Waals surface area contributed by atoms with E-state index in [2.05, 4.69) is 31.3 Å². The van der Waals surface area contributed by atoms with Gasteiger partial charge in [-0.25, -0.2) is 0 Å². The zero-order chi connectivity index (χ0) is 9.26. The van der Waals surface area contributed by atoms with Crippen molar-refractivity contribution in [1.82, 2.24) is 5.32 Å². The second kappa shape index (κ2) is 3.51. The maximum absolute atomic E-state index is 3.47. The molecule has 0 aliphatic carbocycles. The molecule has 0 aromatic heterocycles. The lowest BCUT2D eigenvalue weighted by molar-refractivity contribution is 0.679. The van der Waals surface area contributed by atoms with E-state index >= 15 is 0 Å². The predicted octanol–water partition coefficient (Wildman–Crippen LogP) is 2.34. The fraction of sp³-hybridized carbons (Fsp3) is 0.500. The molecule has 2 rings (SSSR count). The third kappa shape index (κ3) is 1.61. The van der Waals surface area contributed by atoms with E-state index in [0.29, 0.717) is 0 Å². The highest BCUT2D eigenvalue weighted by atomic mass is 14.8. The molecule has 1 aliphatic heterocycles. The Morgan fingerprint density at radius 1 is 1.23 bits per heavy atom. The quantitative estimate of drug-likeness (QED) is 0.638. The van der Waals surface area contributed by atoms with Crippen LogP contribution in [0, 0.1) is 13.8 Å². The van der Waals surface area contributed by atoms with Crippen molar-refractivity contribution in [3.63, 3.8) is 0 Å². The Bertz CT molecular complexity index is 315. The molecule has 0 spiro atoms. The van der Waals surface area contributed by atoms with Crippen LogP contribution < -0.4 is 5.32 Å². The normalized spacial score (nSPS) is 16.5. The van der Waals surface area contributed by atoms with E-state index in [1.54, 1.807) is 5.56 Å². The van der Waals surface area contributed by atoms with Crippen LogP contribution in [0.4, 0.5) is 0 Å². The molecule has 1 aromatic rings. The van der Waals surface area contributed by atoms with Gasteiger partial charge in [-0.15, -0.1) is 0 Å². The van der Waals surface area contributed by atoms with E-state index in [9.17, 15) is 0 Å². The lowest BCUT2D eigenvalue weighted by atomic mass is 9.96. The standard InChI is InChI=1S/C12H17N/c1-9-5-6-11-4-3-7-13-8-12(11)10(9)2/h5-6,13H,3-4,7-8H2,1-2H3. The summed E-state index contributed by atoms with van der Waals surface area (Å²) in [7, 11) is 0. The first-order valence-electron chi connectivity index (χ1n) is 5.07. The highest BCUT2D eigenvalue weighted by molar-refractivity contribution is 5.40. The van der Waals surface area contributed by atoms with Crippen LogP contribution in [-0.4, -0.2) is 6.54 Å². The number of fused-ring (bicyclic) bond motifs is 1. The molecule has 0 radical (unpaired) electrons. The SMILES string of the molecule is Cc1ccc2c(c1C)CNCCC2. The van der Waals surface area contributed by atoms with Crippen molar-refractivity contribution in [3.8, 4) is 0 Å². The zero-order valence-corrected chi connectivity index (χ0v) is 8.48. The number of nitrogens with one attached hydrogen (secondary N) is 1. The van der Waals surface area contributed by atoms with Gasteiger partial charge in [0.1, 0.15) is 0 Å². The van der Waals surface area contributed by atoms with Crippen molar-refractivity contribution >= 4 is 0 Å². The fourth-order valence-corrected chi connectivity index (χ4v) is 2.03. The van der Waals surface area contributed by atoms with Gasteiger partial charge in [-0.3, -0.25) is 0 Å². The molecule has 0 amide bonds. The van der Waals surface area contributed by atoms with E-state index in [-0.39, 0.29) is 0 Å². The summed E-state index contributed by atoms with van der Waals surface area (Å²) in [5, 5.41) is 3.47. The van der Waals surface area contributed by atoms with Gasteiger partial charge in [0.2, 0.25) is 0 Å². The number of hydrogen-bond acceptors (Lipinski definition) is 1. The molecular weight excluding hydrogens is 158 g/mol. The smallest absolute Gasteiger partial charge is 0.0210 e.